The van der Waals surface area contributed by atoms with Crippen LogP contribution < -0.4 is 11.1 Å². The summed E-state index contributed by atoms with van der Waals surface area (Å²) < 4.78 is 0. The number of hydrogen-bond acceptors (Lipinski definition) is 4. The molecule has 74 valence electrons. The maximum atomic E-state index is 9.33. The number of hydrogen-bond donors (Lipinski definition) is 4. The second-order valence-electron chi connectivity index (χ2n) is 3.71. The fourth-order valence-corrected chi connectivity index (χ4v) is 0.729. The molecule has 0 spiro atoms. The van der Waals surface area contributed by atoms with E-state index in [1.807, 2.05) is 6.92 Å². The van der Waals surface area contributed by atoms with Crippen LogP contribution in [-0.4, -0.2) is 34.6 Å². The van der Waals surface area contributed by atoms with Crippen LogP contribution in [0.25, 0.3) is 0 Å². The quantitative estimate of drug-likeness (QED) is 0.422. The van der Waals surface area contributed by atoms with Crippen LogP contribution in [0.1, 0.15) is 27.2 Å². The molecule has 0 aliphatic rings. The third kappa shape index (κ3) is 5.49. The Morgan fingerprint density at radius 2 is 2.00 bits per heavy atom. The van der Waals surface area contributed by atoms with Crippen LogP contribution in [0.4, 0.5) is 0 Å². The van der Waals surface area contributed by atoms with Crippen molar-refractivity contribution < 1.29 is 10.2 Å². The maximum Gasteiger partial charge on any atom is 0.120 e. The molecule has 2 atom stereocenters. The average molecular weight is 176 g/mol. The van der Waals surface area contributed by atoms with Gasteiger partial charge in [-0.15, -0.1) is 0 Å². The highest BCUT2D eigenvalue weighted by Gasteiger charge is 2.17. The van der Waals surface area contributed by atoms with E-state index < -0.39 is 11.8 Å². The van der Waals surface area contributed by atoms with Gasteiger partial charge in [-0.05, 0) is 20.3 Å². The predicted molar refractivity (Wildman–Crippen MR) is 48.6 cm³/mol. The van der Waals surface area contributed by atoms with E-state index in [1.54, 1.807) is 13.8 Å². The van der Waals surface area contributed by atoms with Crippen LogP contribution in [0, 0.1) is 0 Å². The van der Waals surface area contributed by atoms with Crippen LogP contribution >= 0.6 is 0 Å². The van der Waals surface area contributed by atoms with Gasteiger partial charge in [-0.25, -0.2) is 0 Å². The highest BCUT2D eigenvalue weighted by molar-refractivity contribution is 4.74. The van der Waals surface area contributed by atoms with Crippen LogP contribution in [0.3, 0.4) is 0 Å². The van der Waals surface area contributed by atoms with Gasteiger partial charge in [-0.1, -0.05) is 6.92 Å². The van der Waals surface area contributed by atoms with Gasteiger partial charge in [0, 0.05) is 12.6 Å². The third-order valence-corrected chi connectivity index (χ3v) is 1.62. The van der Waals surface area contributed by atoms with Gasteiger partial charge in [0.15, 0.2) is 0 Å². The molecule has 0 aromatic heterocycles. The Balaban J connectivity index is 3.64. The molecule has 0 aliphatic carbocycles. The zero-order chi connectivity index (χ0) is 9.78. The molecule has 0 aromatic carbocycles. The topological polar surface area (TPSA) is 78.5 Å². The molecule has 4 nitrogen and oxygen atoms in total. The second kappa shape index (κ2) is 4.77. The molecule has 0 saturated carbocycles. The number of aliphatic hydroxyl groups excluding tert-OH is 1. The van der Waals surface area contributed by atoms with Gasteiger partial charge in [0.25, 0.3) is 0 Å². The molecule has 0 heterocycles. The van der Waals surface area contributed by atoms with Crippen LogP contribution in [-0.2, 0) is 0 Å². The fourth-order valence-electron chi connectivity index (χ4n) is 0.729. The molecule has 0 saturated heterocycles. The summed E-state index contributed by atoms with van der Waals surface area (Å²) in [5.74, 6) is 0. The molecule has 4 heteroatoms. The lowest BCUT2D eigenvalue weighted by Gasteiger charge is -2.23. The molecule has 0 aromatic rings. The predicted octanol–water partition coefficient (Wildman–Crippen LogP) is -0.597. The Morgan fingerprint density at radius 1 is 1.50 bits per heavy atom. The monoisotopic (exact) mass is 176 g/mol. The summed E-state index contributed by atoms with van der Waals surface area (Å²) >= 11 is 0. The van der Waals surface area contributed by atoms with E-state index >= 15 is 0 Å². The van der Waals surface area contributed by atoms with Crippen molar-refractivity contribution in [2.24, 2.45) is 5.73 Å². The number of nitrogens with one attached hydrogen (secondary N) is 1. The van der Waals surface area contributed by atoms with Crippen molar-refractivity contribution in [1.29, 1.82) is 0 Å². The van der Waals surface area contributed by atoms with Gasteiger partial charge in [-0.3, -0.25) is 5.32 Å². The average Bonchev–Trinajstić information content (AvgIpc) is 1.97. The van der Waals surface area contributed by atoms with E-state index in [4.69, 9.17) is 5.73 Å². The van der Waals surface area contributed by atoms with Crippen LogP contribution in [0.15, 0.2) is 0 Å². The molecule has 2 unspecified atom stereocenters. The Labute approximate surface area is 73.8 Å². The van der Waals surface area contributed by atoms with Crippen molar-refractivity contribution in [1.82, 2.24) is 5.32 Å². The van der Waals surface area contributed by atoms with E-state index in [9.17, 15) is 10.2 Å². The zero-order valence-corrected chi connectivity index (χ0v) is 8.04. The minimum absolute atomic E-state index is 0.271. The van der Waals surface area contributed by atoms with Gasteiger partial charge < -0.3 is 15.9 Å². The summed E-state index contributed by atoms with van der Waals surface area (Å²) in [7, 11) is 0. The van der Waals surface area contributed by atoms with Crippen molar-refractivity contribution in [3.8, 4) is 0 Å². The lowest BCUT2D eigenvalue weighted by Crippen LogP contribution is -2.49. The Morgan fingerprint density at radius 3 is 2.33 bits per heavy atom. The highest BCUT2D eigenvalue weighted by atomic mass is 16.3. The summed E-state index contributed by atoms with van der Waals surface area (Å²) in [6.07, 6.45) is -0.0264. The number of nitrogens with two attached hydrogens (primary N) is 1. The van der Waals surface area contributed by atoms with Crippen molar-refractivity contribution in [3.63, 3.8) is 0 Å². The molecule has 0 fully saturated rings. The minimum Gasteiger partial charge on any atom is -0.389 e. The van der Waals surface area contributed by atoms with Crippen LogP contribution in [0.5, 0.6) is 0 Å². The summed E-state index contributed by atoms with van der Waals surface area (Å²) in [6, 6.07) is -0.271. The summed E-state index contributed by atoms with van der Waals surface area (Å²) in [6.45, 7) is 5.58. The zero-order valence-electron chi connectivity index (χ0n) is 8.04. The molecule has 0 bridgehead atoms. The van der Waals surface area contributed by atoms with E-state index in [0.717, 1.165) is 0 Å². The lowest BCUT2D eigenvalue weighted by atomic mass is 10.1. The van der Waals surface area contributed by atoms with Gasteiger partial charge in [0.1, 0.15) is 6.23 Å². The van der Waals surface area contributed by atoms with Crippen LogP contribution in [0.2, 0.25) is 0 Å². The summed E-state index contributed by atoms with van der Waals surface area (Å²) in [4.78, 5) is 0. The number of rotatable bonds is 5. The van der Waals surface area contributed by atoms with E-state index in [2.05, 4.69) is 5.32 Å². The normalized spacial score (nSPS) is 17.5. The molecule has 5 N–H and O–H groups in total. The van der Waals surface area contributed by atoms with Gasteiger partial charge >= 0.3 is 0 Å². The van der Waals surface area contributed by atoms with Crippen molar-refractivity contribution >= 4 is 0 Å². The smallest absolute Gasteiger partial charge is 0.120 e. The molecule has 0 aliphatic heterocycles. The molecular formula is C8H20N2O2. The van der Waals surface area contributed by atoms with Gasteiger partial charge in [-0.2, -0.15) is 0 Å². The van der Waals surface area contributed by atoms with Crippen molar-refractivity contribution in [3.05, 3.63) is 0 Å². The fraction of sp³-hybridized carbons (Fsp3) is 1.00. The molecule has 0 rings (SSSR count). The first-order valence-electron chi connectivity index (χ1n) is 4.26. The third-order valence-electron chi connectivity index (χ3n) is 1.62. The number of aliphatic hydroxyl groups is 2. The first-order chi connectivity index (χ1) is 5.37. The maximum absolute atomic E-state index is 9.33. The highest BCUT2D eigenvalue weighted by Crippen LogP contribution is 1.99. The first kappa shape index (κ1) is 11.8. The SMILES string of the molecule is CCC(N)C(O)NCC(C)(C)O. The molecular weight excluding hydrogens is 156 g/mol. The van der Waals surface area contributed by atoms with E-state index in [0.29, 0.717) is 13.0 Å². The molecule has 12 heavy (non-hydrogen) atoms. The first-order valence-corrected chi connectivity index (χ1v) is 4.26. The largest absolute Gasteiger partial charge is 0.389 e. The minimum atomic E-state index is -0.811. The van der Waals surface area contributed by atoms with Gasteiger partial charge in [0.05, 0.1) is 5.60 Å². The van der Waals surface area contributed by atoms with Crippen molar-refractivity contribution in [2.45, 2.75) is 45.1 Å². The Kier molecular flexibility index (Phi) is 4.70. The van der Waals surface area contributed by atoms with Gasteiger partial charge in [0.2, 0.25) is 0 Å². The van der Waals surface area contributed by atoms with E-state index in [-0.39, 0.29) is 6.04 Å². The molecule has 0 amide bonds. The summed E-state index contributed by atoms with van der Waals surface area (Å²) in [5, 5.41) is 21.4. The van der Waals surface area contributed by atoms with Crippen molar-refractivity contribution in [2.75, 3.05) is 6.54 Å². The lowest BCUT2D eigenvalue weighted by molar-refractivity contribution is 0.0410. The molecule has 0 radical (unpaired) electrons. The Bertz CT molecular complexity index is 123. The summed E-state index contributed by atoms with van der Waals surface area (Å²) in [5.41, 5.74) is 4.74. The standard InChI is InChI=1S/C8H20N2O2/c1-4-6(9)7(11)10-5-8(2,3)12/h6-7,10-12H,4-5,9H2,1-3H3. The van der Waals surface area contributed by atoms with E-state index in [1.165, 1.54) is 0 Å². The Hall–Kier alpha value is -0.160. The second-order valence-corrected chi connectivity index (χ2v) is 3.71.